The summed E-state index contributed by atoms with van der Waals surface area (Å²) >= 11 is 0. The van der Waals surface area contributed by atoms with E-state index in [1.165, 1.54) is 0 Å². The molecular formula is C20H22N2O4. The maximum Gasteiger partial charge on any atom is 0.262 e. The summed E-state index contributed by atoms with van der Waals surface area (Å²) in [7, 11) is 0. The fourth-order valence-electron chi connectivity index (χ4n) is 2.41. The van der Waals surface area contributed by atoms with Crippen LogP contribution in [0, 0.1) is 0 Å². The molecule has 6 heteroatoms. The van der Waals surface area contributed by atoms with Gasteiger partial charge in [0.1, 0.15) is 12.0 Å². The average Bonchev–Trinajstić information content (AvgIpc) is 2.68. The lowest BCUT2D eigenvalue weighted by Gasteiger charge is -2.19. The third-order valence-electron chi connectivity index (χ3n) is 3.83. The Labute approximate surface area is 152 Å². The van der Waals surface area contributed by atoms with Crippen molar-refractivity contribution in [2.24, 2.45) is 0 Å². The van der Waals surface area contributed by atoms with Gasteiger partial charge in [0, 0.05) is 29.9 Å². The van der Waals surface area contributed by atoms with E-state index >= 15 is 0 Å². The molecule has 0 atom stereocenters. The Morgan fingerprint density at radius 2 is 1.77 bits per heavy atom. The molecular weight excluding hydrogens is 332 g/mol. The van der Waals surface area contributed by atoms with Gasteiger partial charge in [0.15, 0.2) is 6.61 Å². The minimum absolute atomic E-state index is 0.0717. The number of carbonyl (C=O) groups excluding carboxylic acids is 3. The topological polar surface area (TPSA) is 75.7 Å². The van der Waals surface area contributed by atoms with Crippen LogP contribution in [0.15, 0.2) is 48.5 Å². The van der Waals surface area contributed by atoms with Gasteiger partial charge < -0.3 is 15.0 Å². The monoisotopic (exact) mass is 354 g/mol. The minimum Gasteiger partial charge on any atom is -0.484 e. The number of nitrogens with one attached hydrogen (secondary N) is 1. The summed E-state index contributed by atoms with van der Waals surface area (Å²) in [5, 5.41) is 2.71. The molecule has 1 N–H and O–H groups in total. The lowest BCUT2D eigenvalue weighted by Crippen LogP contribution is -2.30. The van der Waals surface area contributed by atoms with Crippen molar-refractivity contribution in [3.8, 4) is 5.75 Å². The van der Waals surface area contributed by atoms with Crippen LogP contribution < -0.4 is 10.1 Å². The standard InChI is InChI=1S/C20H22N2O4/c1-3-22(4-2)20(25)16-6-5-7-17(12-16)21-19(24)14-26-18-10-8-15(13-23)9-11-18/h5-13H,3-4,14H2,1-2H3,(H,21,24). The van der Waals surface area contributed by atoms with Crippen LogP contribution in [-0.4, -0.2) is 42.7 Å². The van der Waals surface area contributed by atoms with Crippen molar-refractivity contribution < 1.29 is 19.1 Å². The van der Waals surface area contributed by atoms with Crippen LogP contribution in [0.3, 0.4) is 0 Å². The molecule has 0 heterocycles. The molecule has 0 spiro atoms. The number of carbonyl (C=O) groups is 3. The fraction of sp³-hybridized carbons (Fsp3) is 0.250. The van der Waals surface area contributed by atoms with Crippen molar-refractivity contribution in [1.82, 2.24) is 4.90 Å². The van der Waals surface area contributed by atoms with E-state index in [1.807, 2.05) is 13.8 Å². The lowest BCUT2D eigenvalue weighted by atomic mass is 10.1. The van der Waals surface area contributed by atoms with Crippen LogP contribution in [0.5, 0.6) is 5.75 Å². The highest BCUT2D eigenvalue weighted by Gasteiger charge is 2.13. The van der Waals surface area contributed by atoms with E-state index in [9.17, 15) is 14.4 Å². The second kappa shape index (κ2) is 9.36. The van der Waals surface area contributed by atoms with Crippen molar-refractivity contribution >= 4 is 23.8 Å². The Kier molecular flexibility index (Phi) is 6.91. The number of benzene rings is 2. The van der Waals surface area contributed by atoms with Crippen molar-refractivity contribution in [3.63, 3.8) is 0 Å². The first-order valence-corrected chi connectivity index (χ1v) is 8.44. The molecule has 0 unspecified atom stereocenters. The van der Waals surface area contributed by atoms with Crippen LogP contribution in [0.4, 0.5) is 5.69 Å². The summed E-state index contributed by atoms with van der Waals surface area (Å²) in [5.74, 6) is 0.0886. The SMILES string of the molecule is CCN(CC)C(=O)c1cccc(NC(=O)COc2ccc(C=O)cc2)c1. The molecule has 2 rings (SSSR count). The number of anilines is 1. The van der Waals surface area contributed by atoms with Gasteiger partial charge in [-0.3, -0.25) is 14.4 Å². The fourth-order valence-corrected chi connectivity index (χ4v) is 2.41. The van der Waals surface area contributed by atoms with E-state index in [2.05, 4.69) is 5.32 Å². The molecule has 2 amide bonds. The number of amides is 2. The quantitative estimate of drug-likeness (QED) is 0.740. The number of nitrogens with zero attached hydrogens (tertiary/aromatic N) is 1. The van der Waals surface area contributed by atoms with Gasteiger partial charge in [-0.1, -0.05) is 6.07 Å². The van der Waals surface area contributed by atoms with Gasteiger partial charge in [0.05, 0.1) is 0 Å². The van der Waals surface area contributed by atoms with Crippen LogP contribution in [-0.2, 0) is 4.79 Å². The first-order chi connectivity index (χ1) is 12.6. The van der Waals surface area contributed by atoms with Gasteiger partial charge in [0.2, 0.25) is 0 Å². The maximum atomic E-state index is 12.4. The Morgan fingerprint density at radius 1 is 1.08 bits per heavy atom. The van der Waals surface area contributed by atoms with E-state index in [1.54, 1.807) is 53.4 Å². The predicted molar refractivity (Wildman–Crippen MR) is 99.6 cm³/mol. The van der Waals surface area contributed by atoms with Crippen LogP contribution in [0.2, 0.25) is 0 Å². The lowest BCUT2D eigenvalue weighted by molar-refractivity contribution is -0.118. The Bertz CT molecular complexity index is 768. The zero-order valence-electron chi connectivity index (χ0n) is 14.9. The summed E-state index contributed by atoms with van der Waals surface area (Å²) in [4.78, 5) is 36.7. The van der Waals surface area contributed by atoms with Crippen molar-refractivity contribution in [3.05, 3.63) is 59.7 Å². The first-order valence-electron chi connectivity index (χ1n) is 8.44. The van der Waals surface area contributed by atoms with Gasteiger partial charge in [-0.2, -0.15) is 0 Å². The Hall–Kier alpha value is -3.15. The highest BCUT2D eigenvalue weighted by atomic mass is 16.5. The molecule has 136 valence electrons. The van der Waals surface area contributed by atoms with E-state index < -0.39 is 0 Å². The number of hydrogen-bond donors (Lipinski definition) is 1. The molecule has 0 aliphatic carbocycles. The normalized spacial score (nSPS) is 10.1. The third-order valence-corrected chi connectivity index (χ3v) is 3.83. The largest absolute Gasteiger partial charge is 0.484 e. The van der Waals surface area contributed by atoms with Crippen LogP contribution in [0.1, 0.15) is 34.6 Å². The zero-order valence-corrected chi connectivity index (χ0v) is 14.9. The molecule has 26 heavy (non-hydrogen) atoms. The molecule has 0 aromatic heterocycles. The number of ether oxygens (including phenoxy) is 1. The van der Waals surface area contributed by atoms with Crippen molar-refractivity contribution in [2.45, 2.75) is 13.8 Å². The molecule has 2 aromatic rings. The summed E-state index contributed by atoms with van der Waals surface area (Å²) in [6.07, 6.45) is 0.739. The van der Waals surface area contributed by atoms with Gasteiger partial charge in [-0.25, -0.2) is 0 Å². The average molecular weight is 354 g/mol. The Morgan fingerprint density at radius 3 is 2.38 bits per heavy atom. The molecule has 0 bridgehead atoms. The van der Waals surface area contributed by atoms with Gasteiger partial charge >= 0.3 is 0 Å². The van der Waals surface area contributed by atoms with E-state index in [0.717, 1.165) is 6.29 Å². The first kappa shape index (κ1) is 19.2. The van der Waals surface area contributed by atoms with Crippen molar-refractivity contribution in [1.29, 1.82) is 0 Å². The second-order valence-corrected chi connectivity index (χ2v) is 5.58. The molecule has 0 fully saturated rings. The summed E-state index contributed by atoms with van der Waals surface area (Å²) in [6.45, 7) is 4.93. The highest BCUT2D eigenvalue weighted by molar-refractivity contribution is 5.97. The molecule has 0 aliphatic heterocycles. The highest BCUT2D eigenvalue weighted by Crippen LogP contribution is 2.14. The van der Waals surface area contributed by atoms with Crippen LogP contribution >= 0.6 is 0 Å². The molecule has 0 radical (unpaired) electrons. The number of hydrogen-bond acceptors (Lipinski definition) is 4. The van der Waals surface area contributed by atoms with Crippen molar-refractivity contribution in [2.75, 3.05) is 25.0 Å². The maximum absolute atomic E-state index is 12.4. The number of aldehydes is 1. The zero-order chi connectivity index (χ0) is 18.9. The molecule has 0 saturated carbocycles. The smallest absolute Gasteiger partial charge is 0.262 e. The minimum atomic E-state index is -0.336. The predicted octanol–water partition coefficient (Wildman–Crippen LogP) is 3.00. The summed E-state index contributed by atoms with van der Waals surface area (Å²) < 4.78 is 5.39. The van der Waals surface area contributed by atoms with E-state index in [-0.39, 0.29) is 18.4 Å². The Balaban J connectivity index is 1.95. The summed E-state index contributed by atoms with van der Waals surface area (Å²) in [5.41, 5.74) is 1.60. The molecule has 0 saturated heterocycles. The van der Waals surface area contributed by atoms with E-state index in [4.69, 9.17) is 4.74 Å². The van der Waals surface area contributed by atoms with Gasteiger partial charge in [-0.15, -0.1) is 0 Å². The second-order valence-electron chi connectivity index (χ2n) is 5.58. The van der Waals surface area contributed by atoms with Gasteiger partial charge in [0.25, 0.3) is 11.8 Å². The molecule has 6 nitrogen and oxygen atoms in total. The number of rotatable bonds is 8. The van der Waals surface area contributed by atoms with Gasteiger partial charge in [-0.05, 0) is 56.3 Å². The van der Waals surface area contributed by atoms with E-state index in [0.29, 0.717) is 35.7 Å². The third kappa shape index (κ3) is 5.17. The summed E-state index contributed by atoms with van der Waals surface area (Å²) in [6, 6.07) is 13.3. The molecule has 0 aliphatic rings. The molecule has 2 aromatic carbocycles. The van der Waals surface area contributed by atoms with Crippen LogP contribution in [0.25, 0.3) is 0 Å².